The number of benzene rings is 1. The van der Waals surface area contributed by atoms with Crippen LogP contribution in [0.1, 0.15) is 31.5 Å². The molecule has 2 heterocycles. The summed E-state index contributed by atoms with van der Waals surface area (Å²) in [5.74, 6) is 0.130. The van der Waals surface area contributed by atoms with Gasteiger partial charge in [-0.3, -0.25) is 19.9 Å². The van der Waals surface area contributed by atoms with E-state index in [-0.39, 0.29) is 23.2 Å². The van der Waals surface area contributed by atoms with E-state index in [1.165, 1.54) is 11.8 Å². The van der Waals surface area contributed by atoms with Gasteiger partial charge in [-0.2, -0.15) is 5.10 Å². The van der Waals surface area contributed by atoms with E-state index in [4.69, 9.17) is 17.0 Å². The third kappa shape index (κ3) is 4.07. The first kappa shape index (κ1) is 20.4. The molecule has 0 aliphatic carbocycles. The Hall–Kier alpha value is -2.32. The second-order valence-corrected chi connectivity index (χ2v) is 8.07. The standard InChI is InChI=1S/C19H23ClN6OS/c1-5-11(3)22-15(27)9-28-19-23-18-16(12(4)24-25-18)17(21)26(19)13-7-6-10(2)14(20)8-13/h6-8,11,21H,5,9H2,1-4H3,(H,22,27)(H,24,25)/t11-/m0/s1. The van der Waals surface area contributed by atoms with Crippen molar-refractivity contribution in [3.63, 3.8) is 0 Å². The summed E-state index contributed by atoms with van der Waals surface area (Å²) in [6.07, 6.45) is 0.867. The maximum Gasteiger partial charge on any atom is 0.230 e. The molecule has 0 radical (unpaired) electrons. The van der Waals surface area contributed by atoms with Crippen LogP contribution in [0.2, 0.25) is 5.02 Å². The summed E-state index contributed by atoms with van der Waals surface area (Å²) in [5, 5.41) is 20.5. The molecular weight excluding hydrogens is 396 g/mol. The molecule has 9 heteroatoms. The van der Waals surface area contributed by atoms with Crippen LogP contribution >= 0.6 is 23.4 Å². The Balaban J connectivity index is 2.06. The Kier molecular flexibility index (Phi) is 6.10. The Morgan fingerprint density at radius 1 is 1.43 bits per heavy atom. The van der Waals surface area contributed by atoms with Gasteiger partial charge in [0, 0.05) is 16.8 Å². The van der Waals surface area contributed by atoms with Crippen molar-refractivity contribution in [2.24, 2.45) is 0 Å². The molecule has 0 saturated carbocycles. The zero-order valence-electron chi connectivity index (χ0n) is 16.3. The molecule has 7 nitrogen and oxygen atoms in total. The van der Waals surface area contributed by atoms with Crippen LogP contribution in [0.15, 0.2) is 23.4 Å². The number of amides is 1. The molecule has 0 aliphatic rings. The molecule has 3 aromatic rings. The highest BCUT2D eigenvalue weighted by molar-refractivity contribution is 7.99. The van der Waals surface area contributed by atoms with E-state index in [1.54, 1.807) is 10.6 Å². The van der Waals surface area contributed by atoms with Crippen LogP contribution in [0.4, 0.5) is 0 Å². The fraction of sp³-hybridized carbons (Fsp3) is 0.368. The first-order valence-corrected chi connectivity index (χ1v) is 10.4. The number of aromatic amines is 1. The van der Waals surface area contributed by atoms with Crippen LogP contribution in [-0.2, 0) is 4.79 Å². The Bertz CT molecular complexity index is 1090. The van der Waals surface area contributed by atoms with E-state index in [9.17, 15) is 4.79 Å². The van der Waals surface area contributed by atoms with Crippen LogP contribution < -0.4 is 10.8 Å². The molecule has 0 unspecified atom stereocenters. The number of thioether (sulfide) groups is 1. The predicted octanol–water partition coefficient (Wildman–Crippen LogP) is 3.51. The third-order valence-corrected chi connectivity index (χ3v) is 5.89. The fourth-order valence-electron chi connectivity index (χ4n) is 2.73. The van der Waals surface area contributed by atoms with Crippen LogP contribution in [0.25, 0.3) is 16.7 Å². The number of hydrogen-bond acceptors (Lipinski definition) is 5. The predicted molar refractivity (Wildman–Crippen MR) is 112 cm³/mol. The fourth-order valence-corrected chi connectivity index (χ4v) is 3.73. The average molecular weight is 419 g/mol. The summed E-state index contributed by atoms with van der Waals surface area (Å²) in [5.41, 5.74) is 3.15. The number of aryl methyl sites for hydroxylation is 2. The molecular formula is C19H23ClN6OS. The topological polar surface area (TPSA) is 99.5 Å². The molecule has 3 rings (SSSR count). The van der Waals surface area contributed by atoms with Gasteiger partial charge in [-0.1, -0.05) is 36.4 Å². The molecule has 2 aromatic heterocycles. The smallest absolute Gasteiger partial charge is 0.230 e. The van der Waals surface area contributed by atoms with Gasteiger partial charge in [0.05, 0.1) is 16.8 Å². The highest BCUT2D eigenvalue weighted by Crippen LogP contribution is 2.24. The van der Waals surface area contributed by atoms with Gasteiger partial charge < -0.3 is 5.32 Å². The number of halogens is 1. The number of H-pyrrole nitrogens is 1. The lowest BCUT2D eigenvalue weighted by atomic mass is 10.2. The second kappa shape index (κ2) is 8.36. The van der Waals surface area contributed by atoms with E-state index < -0.39 is 0 Å². The van der Waals surface area contributed by atoms with Crippen LogP contribution in [-0.4, -0.2) is 37.5 Å². The Morgan fingerprint density at radius 3 is 2.86 bits per heavy atom. The van der Waals surface area contributed by atoms with Crippen molar-refractivity contribution in [2.45, 2.75) is 45.3 Å². The van der Waals surface area contributed by atoms with Crippen molar-refractivity contribution in [2.75, 3.05) is 5.75 Å². The summed E-state index contributed by atoms with van der Waals surface area (Å²) in [6.45, 7) is 7.77. The van der Waals surface area contributed by atoms with E-state index in [1.807, 2.05) is 39.8 Å². The Morgan fingerprint density at radius 2 is 2.18 bits per heavy atom. The molecule has 0 spiro atoms. The van der Waals surface area contributed by atoms with Gasteiger partial charge in [-0.05, 0) is 44.9 Å². The number of nitrogens with one attached hydrogen (secondary N) is 3. The largest absolute Gasteiger partial charge is 0.353 e. The quantitative estimate of drug-likeness (QED) is 0.421. The average Bonchev–Trinajstić information content (AvgIpc) is 3.03. The number of aromatic nitrogens is 4. The van der Waals surface area contributed by atoms with E-state index in [0.717, 1.165) is 23.4 Å². The monoisotopic (exact) mass is 418 g/mol. The van der Waals surface area contributed by atoms with E-state index in [2.05, 4.69) is 20.5 Å². The van der Waals surface area contributed by atoms with Crippen molar-refractivity contribution in [1.82, 2.24) is 25.1 Å². The van der Waals surface area contributed by atoms with Gasteiger partial charge in [0.2, 0.25) is 5.91 Å². The van der Waals surface area contributed by atoms with Crippen molar-refractivity contribution in [3.8, 4) is 5.69 Å². The molecule has 0 bridgehead atoms. The van der Waals surface area contributed by atoms with E-state index in [0.29, 0.717) is 21.2 Å². The number of rotatable bonds is 6. The van der Waals surface area contributed by atoms with Gasteiger partial charge >= 0.3 is 0 Å². The molecule has 0 aliphatic heterocycles. The lowest BCUT2D eigenvalue weighted by molar-refractivity contribution is -0.119. The lowest BCUT2D eigenvalue weighted by Gasteiger charge is -2.15. The summed E-state index contributed by atoms with van der Waals surface area (Å²) >= 11 is 7.59. The first-order valence-electron chi connectivity index (χ1n) is 9.02. The minimum atomic E-state index is -0.0699. The molecule has 3 N–H and O–H groups in total. The van der Waals surface area contributed by atoms with Crippen molar-refractivity contribution >= 4 is 40.3 Å². The van der Waals surface area contributed by atoms with Crippen molar-refractivity contribution < 1.29 is 4.79 Å². The molecule has 0 fully saturated rings. The summed E-state index contributed by atoms with van der Waals surface area (Å²) in [6, 6.07) is 5.72. The van der Waals surface area contributed by atoms with Gasteiger partial charge in [-0.15, -0.1) is 0 Å². The van der Waals surface area contributed by atoms with Crippen LogP contribution in [0.5, 0.6) is 0 Å². The second-order valence-electron chi connectivity index (χ2n) is 6.72. The summed E-state index contributed by atoms with van der Waals surface area (Å²) in [7, 11) is 0. The molecule has 148 valence electrons. The van der Waals surface area contributed by atoms with Gasteiger partial charge in [0.1, 0.15) is 5.49 Å². The Labute approximate surface area is 172 Å². The summed E-state index contributed by atoms with van der Waals surface area (Å²) in [4.78, 5) is 16.8. The summed E-state index contributed by atoms with van der Waals surface area (Å²) < 4.78 is 1.71. The molecule has 1 aromatic carbocycles. The number of carbonyl (C=O) groups is 1. The molecule has 28 heavy (non-hydrogen) atoms. The van der Waals surface area contributed by atoms with Crippen molar-refractivity contribution in [1.29, 1.82) is 5.41 Å². The van der Waals surface area contributed by atoms with Crippen molar-refractivity contribution in [3.05, 3.63) is 40.0 Å². The number of nitrogens with zero attached hydrogens (tertiary/aromatic N) is 3. The zero-order valence-corrected chi connectivity index (χ0v) is 17.8. The SMILES string of the molecule is CC[C@H](C)NC(=O)CSc1nc2n[nH]c(C)c2c(=N)n1-c1ccc(C)c(Cl)c1. The van der Waals surface area contributed by atoms with Crippen LogP contribution in [0, 0.1) is 19.3 Å². The molecule has 0 saturated heterocycles. The van der Waals surface area contributed by atoms with Gasteiger partial charge in [0.15, 0.2) is 10.8 Å². The maximum atomic E-state index is 12.2. The number of carbonyl (C=O) groups excluding carboxylic acids is 1. The molecule has 1 atom stereocenters. The lowest BCUT2D eigenvalue weighted by Crippen LogP contribution is -2.33. The first-order chi connectivity index (χ1) is 13.3. The maximum absolute atomic E-state index is 12.2. The highest BCUT2D eigenvalue weighted by atomic mass is 35.5. The zero-order chi connectivity index (χ0) is 20.4. The minimum absolute atomic E-state index is 0.0699. The normalized spacial score (nSPS) is 12.3. The van der Waals surface area contributed by atoms with Crippen LogP contribution in [0.3, 0.4) is 0 Å². The number of hydrogen-bond donors (Lipinski definition) is 3. The minimum Gasteiger partial charge on any atom is -0.353 e. The van der Waals surface area contributed by atoms with Gasteiger partial charge in [-0.25, -0.2) is 4.98 Å². The highest BCUT2D eigenvalue weighted by Gasteiger charge is 2.17. The van der Waals surface area contributed by atoms with Gasteiger partial charge in [0.25, 0.3) is 0 Å². The molecule has 1 amide bonds. The third-order valence-electron chi connectivity index (χ3n) is 4.55. The van der Waals surface area contributed by atoms with E-state index >= 15 is 0 Å². The number of fused-ring (bicyclic) bond motifs is 1.